The first-order valence-electron chi connectivity index (χ1n) is 7.97. The predicted octanol–water partition coefficient (Wildman–Crippen LogP) is 3.49. The van der Waals surface area contributed by atoms with Gasteiger partial charge in [-0.15, -0.1) is 0 Å². The summed E-state index contributed by atoms with van der Waals surface area (Å²) >= 11 is 6.74. The number of nitrogens with one attached hydrogen (secondary N) is 1. The Bertz CT molecular complexity index is 1100. The van der Waals surface area contributed by atoms with Crippen molar-refractivity contribution in [2.75, 3.05) is 4.90 Å². The van der Waals surface area contributed by atoms with Crippen molar-refractivity contribution in [1.29, 1.82) is 0 Å². The normalized spacial score (nSPS) is 18.5. The van der Waals surface area contributed by atoms with Gasteiger partial charge in [0, 0.05) is 22.7 Å². The van der Waals surface area contributed by atoms with Crippen LogP contribution in [0.25, 0.3) is 5.57 Å². The van der Waals surface area contributed by atoms with E-state index in [1.165, 1.54) is 17.0 Å². The van der Waals surface area contributed by atoms with Crippen molar-refractivity contribution in [2.45, 2.75) is 6.54 Å². The van der Waals surface area contributed by atoms with Gasteiger partial charge in [-0.2, -0.15) is 0 Å². The standard InChI is InChI=1S/C18H10ClN3O5S/c19-10-3-6-13-12(7-10)14(15-16(23)20-18(25)28-15)17(24)21(13)8-9-1-4-11(5-2-9)22(26)27/h1-7H,8H2,(H,20,23,25)/b15-14-. The molecule has 0 saturated carbocycles. The van der Waals surface area contributed by atoms with Gasteiger partial charge in [-0.05, 0) is 35.5 Å². The van der Waals surface area contributed by atoms with Gasteiger partial charge in [0.1, 0.15) is 0 Å². The van der Waals surface area contributed by atoms with Crippen LogP contribution in [0.5, 0.6) is 0 Å². The number of non-ortho nitro benzene ring substituents is 1. The molecule has 1 N–H and O–H groups in total. The van der Waals surface area contributed by atoms with E-state index >= 15 is 0 Å². The topological polar surface area (TPSA) is 110 Å². The number of rotatable bonds is 3. The second-order valence-corrected chi connectivity index (χ2v) is 7.44. The van der Waals surface area contributed by atoms with E-state index in [1.54, 1.807) is 30.3 Å². The van der Waals surface area contributed by atoms with Crippen molar-refractivity contribution >= 4 is 57.4 Å². The summed E-state index contributed by atoms with van der Waals surface area (Å²) in [6.45, 7) is 0.141. The first-order chi connectivity index (χ1) is 13.3. The lowest BCUT2D eigenvalue weighted by atomic mass is 10.1. The Kier molecular flexibility index (Phi) is 4.40. The molecule has 2 aliphatic heterocycles. The number of anilines is 1. The number of nitro benzene ring substituents is 1. The number of thioether (sulfide) groups is 1. The van der Waals surface area contributed by atoms with E-state index in [0.717, 1.165) is 0 Å². The van der Waals surface area contributed by atoms with Gasteiger partial charge >= 0.3 is 0 Å². The summed E-state index contributed by atoms with van der Waals surface area (Å²) in [6, 6.07) is 10.7. The molecule has 1 fully saturated rings. The summed E-state index contributed by atoms with van der Waals surface area (Å²) in [6.07, 6.45) is 0. The fourth-order valence-electron chi connectivity index (χ4n) is 3.06. The van der Waals surface area contributed by atoms with E-state index in [9.17, 15) is 24.5 Å². The zero-order chi connectivity index (χ0) is 20.0. The molecule has 1 saturated heterocycles. The van der Waals surface area contributed by atoms with E-state index in [0.29, 0.717) is 33.6 Å². The minimum Gasteiger partial charge on any atom is -0.303 e. The highest BCUT2D eigenvalue weighted by atomic mass is 35.5. The van der Waals surface area contributed by atoms with E-state index in [4.69, 9.17) is 11.6 Å². The van der Waals surface area contributed by atoms with E-state index in [2.05, 4.69) is 5.32 Å². The van der Waals surface area contributed by atoms with Crippen molar-refractivity contribution in [3.8, 4) is 0 Å². The summed E-state index contributed by atoms with van der Waals surface area (Å²) in [5, 5.41) is 12.8. The molecule has 0 aliphatic carbocycles. The van der Waals surface area contributed by atoms with Crippen LogP contribution in [-0.4, -0.2) is 22.0 Å². The molecule has 3 amide bonds. The minimum absolute atomic E-state index is 0.0321. The molecule has 2 aromatic carbocycles. The number of imide groups is 1. The van der Waals surface area contributed by atoms with E-state index in [-0.39, 0.29) is 22.7 Å². The Morgan fingerprint density at radius 3 is 2.43 bits per heavy atom. The summed E-state index contributed by atoms with van der Waals surface area (Å²) in [5.74, 6) is -1.07. The maximum Gasteiger partial charge on any atom is 0.290 e. The van der Waals surface area contributed by atoms with Crippen LogP contribution in [0.1, 0.15) is 11.1 Å². The number of carbonyl (C=O) groups excluding carboxylic acids is 3. The van der Waals surface area contributed by atoms with Gasteiger partial charge in [0.15, 0.2) is 0 Å². The number of benzene rings is 2. The minimum atomic E-state index is -0.624. The summed E-state index contributed by atoms with van der Waals surface area (Å²) in [4.78, 5) is 48.5. The van der Waals surface area contributed by atoms with Crippen LogP contribution < -0.4 is 10.2 Å². The number of nitrogens with zero attached hydrogens (tertiary/aromatic N) is 2. The van der Waals surface area contributed by atoms with Crippen molar-refractivity contribution in [3.05, 3.63) is 73.6 Å². The van der Waals surface area contributed by atoms with E-state index < -0.39 is 22.0 Å². The molecule has 140 valence electrons. The van der Waals surface area contributed by atoms with Crippen molar-refractivity contribution in [1.82, 2.24) is 5.32 Å². The molecular weight excluding hydrogens is 406 g/mol. The first kappa shape index (κ1) is 18.2. The molecule has 0 aromatic heterocycles. The van der Waals surface area contributed by atoms with Crippen LogP contribution in [0.15, 0.2) is 47.4 Å². The molecule has 0 bridgehead atoms. The molecule has 0 spiro atoms. The summed E-state index contributed by atoms with van der Waals surface area (Å²) in [5.41, 5.74) is 1.75. The molecule has 0 radical (unpaired) electrons. The fourth-order valence-corrected chi connectivity index (χ4v) is 4.01. The maximum absolute atomic E-state index is 13.1. The smallest absolute Gasteiger partial charge is 0.290 e. The van der Waals surface area contributed by atoms with Gasteiger partial charge in [0.05, 0.1) is 27.6 Å². The van der Waals surface area contributed by atoms with Crippen LogP contribution in [0.4, 0.5) is 16.2 Å². The molecule has 10 heteroatoms. The molecule has 2 heterocycles. The van der Waals surface area contributed by atoms with Gasteiger partial charge < -0.3 is 4.90 Å². The highest BCUT2D eigenvalue weighted by Crippen LogP contribution is 2.44. The number of hydrogen-bond acceptors (Lipinski definition) is 6. The monoisotopic (exact) mass is 415 g/mol. The average Bonchev–Trinajstić information content (AvgIpc) is 3.11. The fraction of sp³-hybridized carbons (Fsp3) is 0.0556. The van der Waals surface area contributed by atoms with Gasteiger partial charge in [-0.3, -0.25) is 29.8 Å². The lowest BCUT2D eigenvalue weighted by molar-refractivity contribution is -0.384. The van der Waals surface area contributed by atoms with Crippen molar-refractivity contribution in [3.63, 3.8) is 0 Å². The molecule has 0 atom stereocenters. The van der Waals surface area contributed by atoms with Gasteiger partial charge in [0.25, 0.3) is 22.7 Å². The van der Waals surface area contributed by atoms with Gasteiger partial charge in [0.2, 0.25) is 0 Å². The molecule has 0 unspecified atom stereocenters. The number of amides is 3. The number of fused-ring (bicyclic) bond motifs is 1. The van der Waals surface area contributed by atoms with Crippen molar-refractivity contribution in [2.24, 2.45) is 0 Å². The van der Waals surface area contributed by atoms with Crippen molar-refractivity contribution < 1.29 is 19.3 Å². The largest absolute Gasteiger partial charge is 0.303 e. The van der Waals surface area contributed by atoms with Gasteiger partial charge in [-0.1, -0.05) is 23.7 Å². The zero-order valence-corrected chi connectivity index (χ0v) is 15.5. The maximum atomic E-state index is 13.1. The van der Waals surface area contributed by atoms with Crippen LogP contribution in [0.3, 0.4) is 0 Å². The Balaban J connectivity index is 1.77. The summed E-state index contributed by atoms with van der Waals surface area (Å²) < 4.78 is 0. The van der Waals surface area contributed by atoms with E-state index in [1.807, 2.05) is 0 Å². The lowest BCUT2D eigenvalue weighted by Crippen LogP contribution is -2.26. The second kappa shape index (κ2) is 6.77. The first-order valence-corrected chi connectivity index (χ1v) is 9.17. The zero-order valence-electron chi connectivity index (χ0n) is 14.0. The lowest BCUT2D eigenvalue weighted by Gasteiger charge is -2.17. The summed E-state index contributed by atoms with van der Waals surface area (Å²) in [7, 11) is 0. The molecule has 2 aliphatic rings. The highest BCUT2D eigenvalue weighted by molar-refractivity contribution is 8.18. The Morgan fingerprint density at radius 2 is 1.82 bits per heavy atom. The number of nitro groups is 1. The SMILES string of the molecule is O=C1NC(=O)/C(=C2/C(=O)N(Cc3ccc([N+](=O)[O-])cc3)c3ccc(Cl)cc32)S1. The molecule has 2 aromatic rings. The third kappa shape index (κ3) is 3.04. The Labute approximate surface area is 167 Å². The third-order valence-electron chi connectivity index (χ3n) is 4.31. The second-order valence-electron chi connectivity index (χ2n) is 6.02. The van der Waals surface area contributed by atoms with Crippen LogP contribution in [0.2, 0.25) is 5.02 Å². The highest BCUT2D eigenvalue weighted by Gasteiger charge is 2.40. The van der Waals surface area contributed by atoms with Crippen LogP contribution in [0, 0.1) is 10.1 Å². The molecule has 8 nitrogen and oxygen atoms in total. The Morgan fingerprint density at radius 1 is 1.11 bits per heavy atom. The number of carbonyl (C=O) groups is 3. The predicted molar refractivity (Wildman–Crippen MR) is 104 cm³/mol. The number of halogens is 1. The average molecular weight is 416 g/mol. The quantitative estimate of drug-likeness (QED) is 0.467. The number of hydrogen-bond donors (Lipinski definition) is 1. The third-order valence-corrected chi connectivity index (χ3v) is 5.43. The van der Waals surface area contributed by atoms with Crippen LogP contribution in [-0.2, 0) is 16.1 Å². The van der Waals surface area contributed by atoms with Gasteiger partial charge in [-0.25, -0.2) is 0 Å². The van der Waals surface area contributed by atoms with Crippen LogP contribution >= 0.6 is 23.4 Å². The molecule has 28 heavy (non-hydrogen) atoms. The Hall–Kier alpha value is -3.17. The molecule has 4 rings (SSSR count). The molecular formula is C18H10ClN3O5S.